The Morgan fingerprint density at radius 2 is 1.15 bits per heavy atom. The molecule has 0 spiro atoms. The normalized spacial score (nSPS) is 54.3. The van der Waals surface area contributed by atoms with Gasteiger partial charge in [0.25, 0.3) is 0 Å². The van der Waals surface area contributed by atoms with E-state index >= 15 is 0 Å². The second kappa shape index (κ2) is 26.9. The summed E-state index contributed by atoms with van der Waals surface area (Å²) in [5.41, 5.74) is 0.586. The van der Waals surface area contributed by atoms with Crippen molar-refractivity contribution in [3.8, 4) is 0 Å². The molecular weight excluding hydrogens is 1150 g/mol. The monoisotopic (exact) mass is 1240 g/mol. The summed E-state index contributed by atoms with van der Waals surface area (Å²) in [7, 11) is 1.68. The van der Waals surface area contributed by atoms with Gasteiger partial charge in [-0.15, -0.1) is 0 Å². The molecule has 6 aliphatic heterocycles. The fourth-order valence-electron chi connectivity index (χ4n) is 16.6. The van der Waals surface area contributed by atoms with E-state index in [0.717, 1.165) is 31.3 Å². The van der Waals surface area contributed by atoms with Gasteiger partial charge in [0.1, 0.15) is 116 Å². The average Bonchev–Trinajstić information content (AvgIpc) is 1.60. The van der Waals surface area contributed by atoms with Gasteiger partial charge in [0.05, 0.1) is 58.0 Å². The molecule has 0 radical (unpaired) electrons. The van der Waals surface area contributed by atoms with Gasteiger partial charge in [0, 0.05) is 19.4 Å². The molecule has 10 rings (SSSR count). The van der Waals surface area contributed by atoms with Crippen LogP contribution in [0.15, 0.2) is 11.6 Å². The van der Waals surface area contributed by atoms with Crippen molar-refractivity contribution in [3.05, 3.63) is 11.6 Å². The highest BCUT2D eigenvalue weighted by Gasteiger charge is 2.69. The predicted octanol–water partition coefficient (Wildman–Crippen LogP) is -5.95. The lowest BCUT2D eigenvalue weighted by atomic mass is 9.46. The molecule has 86 heavy (non-hydrogen) atoms. The van der Waals surface area contributed by atoms with Crippen molar-refractivity contribution in [2.45, 2.75) is 251 Å². The summed E-state index contributed by atoms with van der Waals surface area (Å²) in [6.45, 7) is 5.18. The molecule has 9 fully saturated rings. The number of hydrogen-bond donors (Lipinski definition) is 17. The number of aliphatic hydroxyl groups excluding tert-OH is 17. The smallest absolute Gasteiger partial charge is 0.187 e. The molecule has 29 nitrogen and oxygen atoms in total. The Bertz CT molecular complexity index is 2250. The van der Waals surface area contributed by atoms with Gasteiger partial charge in [0.2, 0.25) is 0 Å². The lowest BCUT2D eigenvalue weighted by Crippen LogP contribution is -2.68. The Balaban J connectivity index is 0.788. The Hall–Kier alpha value is -1.42. The molecule has 0 bridgehead atoms. The molecule has 0 amide bonds. The summed E-state index contributed by atoms with van der Waals surface area (Å²) in [5.74, 6) is 0.156. The van der Waals surface area contributed by atoms with Crippen molar-refractivity contribution in [3.63, 3.8) is 0 Å². The second-order valence-electron chi connectivity index (χ2n) is 26.5. The molecule has 4 aliphatic carbocycles. The van der Waals surface area contributed by atoms with Crippen LogP contribution in [-0.2, 0) is 56.8 Å². The van der Waals surface area contributed by atoms with Crippen molar-refractivity contribution in [2.24, 2.45) is 46.3 Å². The number of hydrogen-bond acceptors (Lipinski definition) is 29. The fraction of sp³-hybridized carbons (Fsp3) is 0.965. The topological polar surface area (TPSA) is 455 Å². The Kier molecular flexibility index (Phi) is 21.1. The van der Waals surface area contributed by atoms with E-state index in [0.29, 0.717) is 25.2 Å². The first-order chi connectivity index (χ1) is 40.8. The first-order valence-electron chi connectivity index (χ1n) is 30.5. The number of rotatable bonds is 19. The number of fused-ring (bicyclic) bond motifs is 7. The van der Waals surface area contributed by atoms with Gasteiger partial charge in [-0.25, -0.2) is 0 Å². The third kappa shape index (κ3) is 12.2. The summed E-state index contributed by atoms with van der Waals surface area (Å²) < 4.78 is 72.3. The van der Waals surface area contributed by atoms with Crippen LogP contribution in [0.1, 0.15) is 79.1 Å². The van der Waals surface area contributed by atoms with Crippen LogP contribution in [0.3, 0.4) is 0 Å². The van der Waals surface area contributed by atoms with Crippen molar-refractivity contribution < 1.29 is 144 Å². The highest BCUT2D eigenvalue weighted by Crippen LogP contribution is 2.70. The van der Waals surface area contributed by atoms with Gasteiger partial charge >= 0.3 is 0 Å². The van der Waals surface area contributed by atoms with Crippen LogP contribution in [-0.4, -0.2) is 305 Å². The SMILES string of the molecule is CO[C@]1(CC[C@@H](C)CO[C@H]2O[C@@H](CO)[C@H](O)[C@@H](O)[C@@H]2O)O[C@H]2C[C@H]3[C@@H]4CC=C5C[C@@H](O[C@@H]6O[C@H](CO)[C@H](O[C@@H]7O[C@H](CO)[C@@H](O)[C@H](O[C@@H]8OC[C@@H](O)[C@H](O)[C@H]8O)[C@H]7O[C@@H]7O[C@H](CO)[C@@H](O)[C@H](O)[C@H]7O)[C@H](O)[C@H]6O)[C@H](O)C[C@]5(C)[C@H]4CC[C@]3(C)[C@H]2[C@@H]1C. The molecule has 6 heterocycles. The fourth-order valence-corrected chi connectivity index (χ4v) is 16.6. The van der Waals surface area contributed by atoms with Crippen molar-refractivity contribution in [1.82, 2.24) is 0 Å². The van der Waals surface area contributed by atoms with Crippen LogP contribution < -0.4 is 0 Å². The van der Waals surface area contributed by atoms with Crippen LogP contribution in [0.2, 0.25) is 0 Å². The van der Waals surface area contributed by atoms with Gasteiger partial charge < -0.3 is 144 Å². The standard InChI is InChI=1S/C57H94O29/c1-21(19-76-50-44(72)40(68)37(65)31(15-58)79-50)8-11-57(75-5)22(2)35-30(86-57)13-26-24-7-6-23-12-29(27(62)14-56(23,4)25(24)9-10-55(26,35)3)78-52-46(74)42(70)47(34(18-61)82-52)83-54-49(85-53-45(73)41(69)38(66)32(16-59)80-53)48(39(67)33(17-60)81-54)84-51-43(71)36(64)28(63)20-77-51/h6,21-22,24-54,58-74H,7-20H2,1-5H3/t21-,22+,24-,25+,26+,27-,28-,29-,30+,31+,32-,33-,34-,35+,36+,37+,38-,39-,40-,41+,42-,43-,44+,45-,46-,47+,48+,49-,50+,51+,52-,53+,54+,55+,56+,57-/m1/s1. The summed E-state index contributed by atoms with van der Waals surface area (Å²) in [6.07, 6.45) is -35.9. The molecule has 3 saturated carbocycles. The molecule has 36 atom stereocenters. The molecule has 496 valence electrons. The van der Waals surface area contributed by atoms with Crippen molar-refractivity contribution in [1.29, 1.82) is 0 Å². The third-order valence-corrected chi connectivity index (χ3v) is 21.6. The molecule has 10 aliphatic rings. The lowest BCUT2D eigenvalue weighted by molar-refractivity contribution is -0.404. The maximum Gasteiger partial charge on any atom is 0.187 e. The van der Waals surface area contributed by atoms with Gasteiger partial charge in [-0.2, -0.15) is 0 Å². The summed E-state index contributed by atoms with van der Waals surface area (Å²) >= 11 is 0. The van der Waals surface area contributed by atoms with E-state index in [9.17, 15) is 86.8 Å². The molecule has 0 aromatic carbocycles. The molecule has 0 aromatic rings. The van der Waals surface area contributed by atoms with Crippen LogP contribution >= 0.6 is 0 Å². The number of ether oxygens (including phenoxy) is 12. The van der Waals surface area contributed by atoms with Crippen LogP contribution in [0.25, 0.3) is 0 Å². The zero-order valence-corrected chi connectivity index (χ0v) is 49.0. The zero-order chi connectivity index (χ0) is 62.2. The molecule has 17 N–H and O–H groups in total. The highest BCUT2D eigenvalue weighted by atomic mass is 16.8. The van der Waals surface area contributed by atoms with E-state index < -0.39 is 204 Å². The Morgan fingerprint density at radius 3 is 1.80 bits per heavy atom. The predicted molar refractivity (Wildman–Crippen MR) is 284 cm³/mol. The molecule has 0 aromatic heterocycles. The average molecular weight is 1240 g/mol. The number of allylic oxidation sites excluding steroid dienone is 1. The summed E-state index contributed by atoms with van der Waals surface area (Å²) in [4.78, 5) is 0. The van der Waals surface area contributed by atoms with Crippen molar-refractivity contribution >= 4 is 0 Å². The second-order valence-corrected chi connectivity index (χ2v) is 26.5. The third-order valence-electron chi connectivity index (χ3n) is 21.6. The maximum atomic E-state index is 12.1. The van der Waals surface area contributed by atoms with E-state index in [1.807, 2.05) is 6.92 Å². The first-order valence-corrected chi connectivity index (χ1v) is 30.5. The van der Waals surface area contributed by atoms with E-state index in [1.54, 1.807) is 7.11 Å². The molecule has 0 unspecified atom stereocenters. The van der Waals surface area contributed by atoms with Gasteiger partial charge in [0.15, 0.2) is 37.2 Å². The quantitative estimate of drug-likeness (QED) is 0.0536. The minimum Gasteiger partial charge on any atom is -0.394 e. The molecule has 29 heteroatoms. The molecular formula is C57H94O29. The largest absolute Gasteiger partial charge is 0.394 e. The van der Waals surface area contributed by atoms with E-state index in [1.165, 1.54) is 0 Å². The van der Waals surface area contributed by atoms with Gasteiger partial charge in [-0.05, 0) is 85.4 Å². The summed E-state index contributed by atoms with van der Waals surface area (Å²) in [6, 6.07) is 0. The van der Waals surface area contributed by atoms with E-state index in [4.69, 9.17) is 56.8 Å². The zero-order valence-electron chi connectivity index (χ0n) is 49.0. The van der Waals surface area contributed by atoms with E-state index in [2.05, 4.69) is 26.8 Å². The number of aliphatic hydroxyl groups is 17. The number of methoxy groups -OCH3 is 1. The lowest BCUT2D eigenvalue weighted by Gasteiger charge is -2.59. The van der Waals surface area contributed by atoms with Gasteiger partial charge in [-0.3, -0.25) is 0 Å². The Morgan fingerprint density at radius 1 is 0.593 bits per heavy atom. The van der Waals surface area contributed by atoms with Crippen molar-refractivity contribution in [2.75, 3.05) is 46.8 Å². The highest BCUT2D eigenvalue weighted by molar-refractivity contribution is 5.27. The van der Waals surface area contributed by atoms with E-state index in [-0.39, 0.29) is 54.1 Å². The minimum absolute atomic E-state index is 0.0350. The van der Waals surface area contributed by atoms with Crippen LogP contribution in [0.5, 0.6) is 0 Å². The van der Waals surface area contributed by atoms with Crippen LogP contribution in [0.4, 0.5) is 0 Å². The maximum absolute atomic E-state index is 12.1. The molecule has 6 saturated heterocycles. The van der Waals surface area contributed by atoms with Gasteiger partial charge in [-0.1, -0.05) is 39.3 Å². The minimum atomic E-state index is -2.05. The van der Waals surface area contributed by atoms with Crippen LogP contribution in [0, 0.1) is 46.3 Å². The first kappa shape index (κ1) is 67.5. The summed E-state index contributed by atoms with van der Waals surface area (Å²) in [5, 5.41) is 182. The Labute approximate surface area is 497 Å².